The lowest BCUT2D eigenvalue weighted by atomic mass is 9.63. The Hall–Kier alpha value is -0.300. The molecule has 0 amide bonds. The van der Waals surface area contributed by atoms with Crippen molar-refractivity contribution in [1.82, 2.24) is 0 Å². The van der Waals surface area contributed by atoms with E-state index in [0.717, 1.165) is 6.42 Å². The molecule has 76 valence electrons. The molecule has 1 fully saturated rings. The van der Waals surface area contributed by atoms with Crippen LogP contribution in [0.25, 0.3) is 0 Å². The van der Waals surface area contributed by atoms with E-state index in [1.165, 1.54) is 6.42 Å². The van der Waals surface area contributed by atoms with Crippen molar-refractivity contribution in [2.75, 3.05) is 0 Å². The third kappa shape index (κ3) is 1.34. The van der Waals surface area contributed by atoms with E-state index in [0.29, 0.717) is 5.92 Å². The molecule has 0 aromatic carbocycles. The van der Waals surface area contributed by atoms with Crippen LogP contribution in [0.2, 0.25) is 0 Å². The van der Waals surface area contributed by atoms with Crippen LogP contribution in [0.15, 0.2) is 12.7 Å². The molecule has 1 nitrogen and oxygen atoms in total. The van der Waals surface area contributed by atoms with E-state index >= 15 is 0 Å². The van der Waals surface area contributed by atoms with Crippen LogP contribution in [0.4, 0.5) is 0 Å². The molecule has 0 saturated heterocycles. The molecule has 0 heterocycles. The van der Waals surface area contributed by atoms with Gasteiger partial charge in [-0.25, -0.2) is 0 Å². The molecule has 0 aromatic rings. The van der Waals surface area contributed by atoms with E-state index in [4.69, 9.17) is 0 Å². The minimum absolute atomic E-state index is 0.00810. The molecule has 0 aromatic heterocycles. The molecule has 3 atom stereocenters. The monoisotopic (exact) mass is 182 g/mol. The summed E-state index contributed by atoms with van der Waals surface area (Å²) >= 11 is 0. The number of aliphatic hydroxyl groups is 1. The summed E-state index contributed by atoms with van der Waals surface area (Å²) in [6.07, 6.45) is 3.63. The van der Waals surface area contributed by atoms with E-state index in [-0.39, 0.29) is 16.9 Å². The first-order valence-corrected chi connectivity index (χ1v) is 5.17. The molecule has 1 aliphatic rings. The number of rotatable bonds is 2. The van der Waals surface area contributed by atoms with Gasteiger partial charge in [-0.1, -0.05) is 33.8 Å². The number of hydrogen-bond donors (Lipinski definition) is 1. The summed E-state index contributed by atoms with van der Waals surface area (Å²) in [4.78, 5) is 0. The highest BCUT2D eigenvalue weighted by molar-refractivity contribution is 5.06. The minimum atomic E-state index is -0.368. The topological polar surface area (TPSA) is 20.2 Å². The fourth-order valence-corrected chi connectivity index (χ4v) is 2.55. The standard InChI is InChI=1S/C12H22O/c1-6-10(13)12(5)8-7-9(2)11(12,3)4/h6,9-10,13H,1,7-8H2,2-5H3. The highest BCUT2D eigenvalue weighted by Gasteiger charge is 2.52. The molecule has 0 radical (unpaired) electrons. The Balaban J connectivity index is 2.97. The first kappa shape index (κ1) is 10.8. The fraction of sp³-hybridized carbons (Fsp3) is 0.833. The quantitative estimate of drug-likeness (QED) is 0.651. The summed E-state index contributed by atoms with van der Waals surface area (Å²) in [5.74, 6) is 0.687. The molecule has 1 rings (SSSR count). The lowest BCUT2D eigenvalue weighted by molar-refractivity contribution is -0.0134. The van der Waals surface area contributed by atoms with Gasteiger partial charge < -0.3 is 5.11 Å². The van der Waals surface area contributed by atoms with Crippen LogP contribution < -0.4 is 0 Å². The molecule has 0 aliphatic heterocycles. The van der Waals surface area contributed by atoms with Crippen LogP contribution >= 0.6 is 0 Å². The van der Waals surface area contributed by atoms with Gasteiger partial charge in [0.05, 0.1) is 6.10 Å². The highest BCUT2D eigenvalue weighted by Crippen LogP contribution is 2.57. The Bertz CT molecular complexity index is 207. The predicted octanol–water partition coefficient (Wildman–Crippen LogP) is 3.00. The predicted molar refractivity (Wildman–Crippen MR) is 56.5 cm³/mol. The van der Waals surface area contributed by atoms with Gasteiger partial charge in [-0.2, -0.15) is 0 Å². The van der Waals surface area contributed by atoms with Crippen molar-refractivity contribution in [3.63, 3.8) is 0 Å². The molecule has 1 saturated carbocycles. The van der Waals surface area contributed by atoms with Gasteiger partial charge in [0.2, 0.25) is 0 Å². The maximum absolute atomic E-state index is 9.95. The van der Waals surface area contributed by atoms with Gasteiger partial charge in [-0.3, -0.25) is 0 Å². The lowest BCUT2D eigenvalue weighted by Crippen LogP contribution is -2.41. The molecule has 1 aliphatic carbocycles. The first-order valence-electron chi connectivity index (χ1n) is 5.17. The smallest absolute Gasteiger partial charge is 0.0777 e. The van der Waals surface area contributed by atoms with Gasteiger partial charge in [-0.15, -0.1) is 6.58 Å². The zero-order chi connectivity index (χ0) is 10.3. The van der Waals surface area contributed by atoms with Gasteiger partial charge in [0, 0.05) is 5.41 Å². The van der Waals surface area contributed by atoms with Crippen LogP contribution in [0, 0.1) is 16.7 Å². The molecular weight excluding hydrogens is 160 g/mol. The second kappa shape index (κ2) is 3.13. The van der Waals surface area contributed by atoms with Crippen LogP contribution in [0.5, 0.6) is 0 Å². The van der Waals surface area contributed by atoms with Gasteiger partial charge in [0.15, 0.2) is 0 Å². The van der Waals surface area contributed by atoms with Gasteiger partial charge >= 0.3 is 0 Å². The summed E-state index contributed by atoms with van der Waals surface area (Å²) in [5, 5.41) is 9.95. The lowest BCUT2D eigenvalue weighted by Gasteiger charge is -2.43. The Morgan fingerprint density at radius 3 is 2.31 bits per heavy atom. The van der Waals surface area contributed by atoms with Gasteiger partial charge in [-0.05, 0) is 24.2 Å². The zero-order valence-electron chi connectivity index (χ0n) is 9.30. The molecule has 0 bridgehead atoms. The van der Waals surface area contributed by atoms with Crippen molar-refractivity contribution in [3.8, 4) is 0 Å². The highest BCUT2D eigenvalue weighted by atomic mass is 16.3. The molecule has 3 unspecified atom stereocenters. The second-order valence-electron chi connectivity index (χ2n) is 5.26. The minimum Gasteiger partial charge on any atom is -0.388 e. The SMILES string of the molecule is C=CC(O)C1(C)CCC(C)C1(C)C. The van der Waals surface area contributed by atoms with Crippen molar-refractivity contribution in [2.45, 2.75) is 46.6 Å². The number of aliphatic hydroxyl groups excluding tert-OH is 1. The largest absolute Gasteiger partial charge is 0.388 e. The van der Waals surface area contributed by atoms with Crippen LogP contribution in [-0.2, 0) is 0 Å². The third-order valence-corrected chi connectivity index (χ3v) is 4.68. The summed E-state index contributed by atoms with van der Waals surface area (Å²) in [7, 11) is 0. The molecule has 13 heavy (non-hydrogen) atoms. The molecular formula is C12H22O. The average Bonchev–Trinajstić information content (AvgIpc) is 2.29. The fourth-order valence-electron chi connectivity index (χ4n) is 2.55. The van der Waals surface area contributed by atoms with E-state index in [9.17, 15) is 5.11 Å². The van der Waals surface area contributed by atoms with Crippen molar-refractivity contribution < 1.29 is 5.11 Å². The Morgan fingerprint density at radius 2 is 2.00 bits per heavy atom. The maximum atomic E-state index is 9.95. The van der Waals surface area contributed by atoms with Crippen LogP contribution in [0.3, 0.4) is 0 Å². The number of hydrogen-bond acceptors (Lipinski definition) is 1. The Morgan fingerprint density at radius 1 is 1.46 bits per heavy atom. The van der Waals surface area contributed by atoms with E-state index < -0.39 is 0 Å². The van der Waals surface area contributed by atoms with Gasteiger partial charge in [0.25, 0.3) is 0 Å². The van der Waals surface area contributed by atoms with Crippen LogP contribution in [0.1, 0.15) is 40.5 Å². The third-order valence-electron chi connectivity index (χ3n) is 4.68. The second-order valence-corrected chi connectivity index (χ2v) is 5.26. The summed E-state index contributed by atoms with van der Waals surface area (Å²) in [6, 6.07) is 0. The van der Waals surface area contributed by atoms with E-state index in [2.05, 4.69) is 34.3 Å². The molecule has 1 N–H and O–H groups in total. The van der Waals surface area contributed by atoms with Crippen LogP contribution in [-0.4, -0.2) is 11.2 Å². The van der Waals surface area contributed by atoms with E-state index in [1.807, 2.05) is 0 Å². The normalized spacial score (nSPS) is 40.2. The van der Waals surface area contributed by atoms with Crippen molar-refractivity contribution in [2.24, 2.45) is 16.7 Å². The maximum Gasteiger partial charge on any atom is 0.0777 e. The Labute approximate surface area is 81.9 Å². The average molecular weight is 182 g/mol. The Kier molecular flexibility index (Phi) is 2.59. The van der Waals surface area contributed by atoms with Crippen molar-refractivity contribution >= 4 is 0 Å². The first-order chi connectivity index (χ1) is 5.86. The summed E-state index contributed by atoms with van der Waals surface area (Å²) in [5.41, 5.74) is 0.217. The molecule has 0 spiro atoms. The van der Waals surface area contributed by atoms with Gasteiger partial charge in [0.1, 0.15) is 0 Å². The summed E-state index contributed by atoms with van der Waals surface area (Å²) < 4.78 is 0. The van der Waals surface area contributed by atoms with Crippen molar-refractivity contribution in [1.29, 1.82) is 0 Å². The van der Waals surface area contributed by atoms with E-state index in [1.54, 1.807) is 6.08 Å². The summed E-state index contributed by atoms with van der Waals surface area (Å²) in [6.45, 7) is 12.7. The zero-order valence-corrected chi connectivity index (χ0v) is 9.30. The molecule has 1 heteroatoms. The van der Waals surface area contributed by atoms with Crippen molar-refractivity contribution in [3.05, 3.63) is 12.7 Å².